The standard InChI is InChI=1S/C14H9Cl2N3O4/c15-10-3-1-2-8(6-10)13(20)17-18-14(21)9-4-5-11(16)12(7-9)19(22)23/h1-7H,(H,17,20)(H,18,21). The third-order valence-electron chi connectivity index (χ3n) is 2.78. The zero-order valence-electron chi connectivity index (χ0n) is 11.4. The van der Waals surface area contributed by atoms with Crippen molar-refractivity contribution in [1.82, 2.24) is 10.9 Å². The van der Waals surface area contributed by atoms with Crippen molar-refractivity contribution in [2.24, 2.45) is 0 Å². The van der Waals surface area contributed by atoms with Crippen LogP contribution in [0.3, 0.4) is 0 Å². The third kappa shape index (κ3) is 4.18. The highest BCUT2D eigenvalue weighted by molar-refractivity contribution is 6.32. The second-order valence-electron chi connectivity index (χ2n) is 4.34. The van der Waals surface area contributed by atoms with E-state index in [2.05, 4.69) is 10.9 Å². The number of hydrogen-bond acceptors (Lipinski definition) is 4. The van der Waals surface area contributed by atoms with E-state index in [0.717, 1.165) is 6.07 Å². The topological polar surface area (TPSA) is 101 Å². The quantitative estimate of drug-likeness (QED) is 0.654. The first kappa shape index (κ1) is 16.7. The van der Waals surface area contributed by atoms with Crippen molar-refractivity contribution in [2.75, 3.05) is 0 Å². The lowest BCUT2D eigenvalue weighted by Crippen LogP contribution is -2.41. The lowest BCUT2D eigenvalue weighted by atomic mass is 10.2. The molecule has 0 saturated carbocycles. The van der Waals surface area contributed by atoms with E-state index < -0.39 is 22.4 Å². The molecule has 0 heterocycles. The molecule has 2 amide bonds. The van der Waals surface area contributed by atoms with Crippen molar-refractivity contribution >= 4 is 40.7 Å². The second kappa shape index (κ2) is 7.08. The van der Waals surface area contributed by atoms with Crippen LogP contribution in [0.1, 0.15) is 20.7 Å². The molecule has 0 bridgehead atoms. The number of hydrazine groups is 1. The monoisotopic (exact) mass is 353 g/mol. The van der Waals surface area contributed by atoms with Gasteiger partial charge in [0.2, 0.25) is 0 Å². The number of halogens is 2. The second-order valence-corrected chi connectivity index (χ2v) is 5.19. The molecule has 0 aliphatic heterocycles. The molecular formula is C14H9Cl2N3O4. The van der Waals surface area contributed by atoms with Crippen molar-refractivity contribution in [1.29, 1.82) is 0 Å². The van der Waals surface area contributed by atoms with Gasteiger partial charge >= 0.3 is 0 Å². The van der Waals surface area contributed by atoms with Gasteiger partial charge in [0.15, 0.2) is 0 Å². The summed E-state index contributed by atoms with van der Waals surface area (Å²) in [4.78, 5) is 33.8. The predicted octanol–water partition coefficient (Wildman–Crippen LogP) is 2.98. The molecule has 2 aromatic rings. The van der Waals surface area contributed by atoms with Gasteiger partial charge in [-0.3, -0.25) is 30.6 Å². The fraction of sp³-hybridized carbons (Fsp3) is 0. The first-order valence-corrected chi connectivity index (χ1v) is 6.94. The summed E-state index contributed by atoms with van der Waals surface area (Å²) in [7, 11) is 0. The molecule has 0 aromatic heterocycles. The number of rotatable bonds is 3. The van der Waals surface area contributed by atoms with Gasteiger partial charge in [-0.1, -0.05) is 29.3 Å². The summed E-state index contributed by atoms with van der Waals surface area (Å²) in [6.45, 7) is 0. The van der Waals surface area contributed by atoms with E-state index in [0.29, 0.717) is 5.02 Å². The lowest BCUT2D eigenvalue weighted by molar-refractivity contribution is -0.384. The molecule has 0 aliphatic rings. The minimum Gasteiger partial charge on any atom is -0.267 e. The van der Waals surface area contributed by atoms with E-state index in [4.69, 9.17) is 23.2 Å². The number of nitrogens with one attached hydrogen (secondary N) is 2. The average Bonchev–Trinajstić information content (AvgIpc) is 2.52. The number of nitrogens with zero attached hydrogens (tertiary/aromatic N) is 1. The molecule has 23 heavy (non-hydrogen) atoms. The van der Waals surface area contributed by atoms with E-state index in [1.54, 1.807) is 12.1 Å². The maximum atomic E-state index is 11.9. The Labute approximate surface area is 140 Å². The summed E-state index contributed by atoms with van der Waals surface area (Å²) in [6, 6.07) is 9.68. The molecule has 0 saturated heterocycles. The maximum absolute atomic E-state index is 11.9. The van der Waals surface area contributed by atoms with Crippen LogP contribution in [-0.2, 0) is 0 Å². The summed E-state index contributed by atoms with van der Waals surface area (Å²) in [5, 5.41) is 11.1. The van der Waals surface area contributed by atoms with E-state index in [9.17, 15) is 19.7 Å². The number of carbonyl (C=O) groups excluding carboxylic acids is 2. The van der Waals surface area contributed by atoms with E-state index in [-0.39, 0.29) is 16.1 Å². The molecule has 2 rings (SSSR count). The highest BCUT2D eigenvalue weighted by atomic mass is 35.5. The summed E-state index contributed by atoms with van der Waals surface area (Å²) in [6.07, 6.45) is 0. The first-order chi connectivity index (χ1) is 10.9. The molecule has 9 heteroatoms. The normalized spacial score (nSPS) is 10.0. The zero-order valence-corrected chi connectivity index (χ0v) is 12.9. The highest BCUT2D eigenvalue weighted by Gasteiger charge is 2.16. The summed E-state index contributed by atoms with van der Waals surface area (Å²) >= 11 is 11.4. The van der Waals surface area contributed by atoms with Crippen LogP contribution in [0, 0.1) is 10.1 Å². The molecule has 2 aromatic carbocycles. The molecule has 7 nitrogen and oxygen atoms in total. The number of amides is 2. The molecule has 2 N–H and O–H groups in total. The Bertz CT molecular complexity index is 795. The molecular weight excluding hydrogens is 345 g/mol. The Balaban J connectivity index is 2.06. The van der Waals surface area contributed by atoms with Crippen LogP contribution in [0.2, 0.25) is 10.0 Å². The molecule has 0 atom stereocenters. The summed E-state index contributed by atoms with van der Waals surface area (Å²) in [5.41, 5.74) is 4.17. The fourth-order valence-electron chi connectivity index (χ4n) is 1.68. The number of benzene rings is 2. The number of nitro groups is 1. The van der Waals surface area contributed by atoms with Gasteiger partial charge < -0.3 is 0 Å². The number of hydrogen-bond donors (Lipinski definition) is 2. The Kier molecular flexibility index (Phi) is 5.15. The number of nitro benzene ring substituents is 1. The summed E-state index contributed by atoms with van der Waals surface area (Å²) < 4.78 is 0. The maximum Gasteiger partial charge on any atom is 0.288 e. The molecule has 0 unspecified atom stereocenters. The SMILES string of the molecule is O=C(NNC(=O)c1ccc(Cl)c([N+](=O)[O-])c1)c1cccc(Cl)c1. The average molecular weight is 354 g/mol. The summed E-state index contributed by atoms with van der Waals surface area (Å²) in [5.74, 6) is -1.30. The van der Waals surface area contributed by atoms with Crippen LogP contribution in [0.5, 0.6) is 0 Å². The first-order valence-electron chi connectivity index (χ1n) is 6.18. The highest BCUT2D eigenvalue weighted by Crippen LogP contribution is 2.24. The Morgan fingerprint density at radius 1 is 0.957 bits per heavy atom. The minimum atomic E-state index is -0.722. The third-order valence-corrected chi connectivity index (χ3v) is 3.34. The van der Waals surface area contributed by atoms with Crippen molar-refractivity contribution in [3.05, 3.63) is 73.8 Å². The van der Waals surface area contributed by atoms with Crippen LogP contribution in [-0.4, -0.2) is 16.7 Å². The van der Waals surface area contributed by atoms with Crippen LogP contribution < -0.4 is 10.9 Å². The molecule has 0 spiro atoms. The van der Waals surface area contributed by atoms with Crippen molar-refractivity contribution in [3.63, 3.8) is 0 Å². The Morgan fingerprint density at radius 3 is 2.13 bits per heavy atom. The van der Waals surface area contributed by atoms with Gasteiger partial charge in [-0.25, -0.2) is 0 Å². The van der Waals surface area contributed by atoms with Gasteiger partial charge in [0, 0.05) is 22.2 Å². The van der Waals surface area contributed by atoms with Crippen molar-refractivity contribution in [2.45, 2.75) is 0 Å². The zero-order chi connectivity index (χ0) is 17.0. The predicted molar refractivity (Wildman–Crippen MR) is 84.5 cm³/mol. The van der Waals surface area contributed by atoms with Crippen molar-refractivity contribution < 1.29 is 14.5 Å². The van der Waals surface area contributed by atoms with Crippen LogP contribution in [0.25, 0.3) is 0 Å². The van der Waals surface area contributed by atoms with Gasteiger partial charge in [-0.2, -0.15) is 0 Å². The molecule has 0 fully saturated rings. The molecule has 0 aliphatic carbocycles. The lowest BCUT2D eigenvalue weighted by Gasteiger charge is -2.08. The smallest absolute Gasteiger partial charge is 0.267 e. The van der Waals surface area contributed by atoms with Gasteiger partial charge in [0.1, 0.15) is 5.02 Å². The van der Waals surface area contributed by atoms with E-state index in [1.807, 2.05) is 0 Å². The van der Waals surface area contributed by atoms with Gasteiger partial charge in [-0.15, -0.1) is 0 Å². The van der Waals surface area contributed by atoms with E-state index >= 15 is 0 Å². The van der Waals surface area contributed by atoms with Gasteiger partial charge in [0.05, 0.1) is 4.92 Å². The van der Waals surface area contributed by atoms with Crippen LogP contribution in [0.15, 0.2) is 42.5 Å². The van der Waals surface area contributed by atoms with Crippen molar-refractivity contribution in [3.8, 4) is 0 Å². The minimum absolute atomic E-state index is 0.0208. The van der Waals surface area contributed by atoms with Gasteiger partial charge in [0.25, 0.3) is 17.5 Å². The van der Waals surface area contributed by atoms with Crippen LogP contribution in [0.4, 0.5) is 5.69 Å². The molecule has 118 valence electrons. The largest absolute Gasteiger partial charge is 0.288 e. The fourth-order valence-corrected chi connectivity index (χ4v) is 2.06. The Hall–Kier alpha value is -2.64. The van der Waals surface area contributed by atoms with Crippen LogP contribution >= 0.6 is 23.2 Å². The van der Waals surface area contributed by atoms with Gasteiger partial charge in [-0.05, 0) is 30.3 Å². The Morgan fingerprint density at radius 2 is 1.57 bits per heavy atom. The number of carbonyl (C=O) groups is 2. The molecule has 0 radical (unpaired) electrons. The van der Waals surface area contributed by atoms with E-state index in [1.165, 1.54) is 24.3 Å².